The van der Waals surface area contributed by atoms with Gasteiger partial charge in [0.1, 0.15) is 17.3 Å². The predicted octanol–water partition coefficient (Wildman–Crippen LogP) is 3.93. The van der Waals surface area contributed by atoms with Crippen LogP contribution >= 0.6 is 11.6 Å². The van der Waals surface area contributed by atoms with Gasteiger partial charge in [-0.3, -0.25) is 4.68 Å². The number of aryl methyl sites for hydroxylation is 1. The van der Waals surface area contributed by atoms with Crippen molar-refractivity contribution in [1.82, 2.24) is 14.8 Å². The largest absolute Gasteiger partial charge is 0.384 e. The van der Waals surface area contributed by atoms with E-state index in [1.807, 2.05) is 16.8 Å². The quantitative estimate of drug-likeness (QED) is 0.775. The average Bonchev–Trinajstić information content (AvgIpc) is 3.10. The van der Waals surface area contributed by atoms with Crippen molar-refractivity contribution in [2.75, 3.05) is 5.73 Å². The Morgan fingerprint density at radius 2 is 2.04 bits per heavy atom. The summed E-state index contributed by atoms with van der Waals surface area (Å²) in [6.07, 6.45) is 3.71. The van der Waals surface area contributed by atoms with E-state index < -0.39 is 5.82 Å². The predicted molar refractivity (Wildman–Crippen MR) is 88.6 cm³/mol. The van der Waals surface area contributed by atoms with Gasteiger partial charge in [-0.1, -0.05) is 11.6 Å². The van der Waals surface area contributed by atoms with Crippen LogP contribution in [-0.2, 0) is 13.0 Å². The number of benzene rings is 1. The number of anilines is 1. The molecule has 0 unspecified atom stereocenters. The maximum Gasteiger partial charge on any atom is 0.141 e. The first-order valence-electron chi connectivity index (χ1n) is 7.40. The van der Waals surface area contributed by atoms with E-state index in [1.165, 1.54) is 11.8 Å². The van der Waals surface area contributed by atoms with Crippen LogP contribution in [-0.4, -0.2) is 14.8 Å². The Hall–Kier alpha value is -2.40. The van der Waals surface area contributed by atoms with E-state index in [4.69, 9.17) is 22.4 Å². The molecule has 0 aliphatic carbocycles. The van der Waals surface area contributed by atoms with Crippen molar-refractivity contribution in [2.24, 2.45) is 0 Å². The molecule has 6 heteroatoms. The van der Waals surface area contributed by atoms with E-state index in [0.717, 1.165) is 41.8 Å². The van der Waals surface area contributed by atoms with E-state index in [9.17, 15) is 4.39 Å². The molecule has 2 aromatic heterocycles. The van der Waals surface area contributed by atoms with Crippen molar-refractivity contribution in [3.8, 4) is 22.4 Å². The fourth-order valence-electron chi connectivity index (χ4n) is 3.08. The maximum atomic E-state index is 13.5. The molecule has 2 N–H and O–H groups in total. The van der Waals surface area contributed by atoms with Crippen LogP contribution in [0.3, 0.4) is 0 Å². The van der Waals surface area contributed by atoms with E-state index in [1.54, 1.807) is 18.3 Å². The van der Waals surface area contributed by atoms with Crippen molar-refractivity contribution < 1.29 is 4.39 Å². The van der Waals surface area contributed by atoms with Gasteiger partial charge in [0.05, 0.1) is 5.02 Å². The molecule has 0 saturated carbocycles. The van der Waals surface area contributed by atoms with Gasteiger partial charge in [0.2, 0.25) is 0 Å². The highest BCUT2D eigenvalue weighted by Crippen LogP contribution is 2.38. The molecular weight excluding hydrogens is 315 g/mol. The Morgan fingerprint density at radius 1 is 1.17 bits per heavy atom. The average molecular weight is 329 g/mol. The molecule has 3 heterocycles. The number of pyridine rings is 1. The Kier molecular flexibility index (Phi) is 3.31. The smallest absolute Gasteiger partial charge is 0.141 e. The highest BCUT2D eigenvalue weighted by molar-refractivity contribution is 6.31. The third-order valence-corrected chi connectivity index (χ3v) is 4.39. The van der Waals surface area contributed by atoms with Crippen LogP contribution in [0.25, 0.3) is 22.4 Å². The minimum Gasteiger partial charge on any atom is -0.384 e. The normalized spacial score (nSPS) is 13.3. The second-order valence-corrected chi connectivity index (χ2v) is 6.00. The highest BCUT2D eigenvalue weighted by atomic mass is 35.5. The summed E-state index contributed by atoms with van der Waals surface area (Å²) in [5, 5.41) is 4.81. The molecule has 1 aliphatic heterocycles. The van der Waals surface area contributed by atoms with E-state index in [2.05, 4.69) is 4.98 Å². The second kappa shape index (κ2) is 5.35. The van der Waals surface area contributed by atoms with Crippen LogP contribution in [0, 0.1) is 5.82 Å². The van der Waals surface area contributed by atoms with Crippen molar-refractivity contribution >= 4 is 17.4 Å². The van der Waals surface area contributed by atoms with Crippen LogP contribution in [0.15, 0.2) is 36.5 Å². The van der Waals surface area contributed by atoms with Crippen LogP contribution in [0.2, 0.25) is 5.02 Å². The number of halogens is 2. The summed E-state index contributed by atoms with van der Waals surface area (Å²) in [6, 6.07) is 8.44. The summed E-state index contributed by atoms with van der Waals surface area (Å²) in [6.45, 7) is 0.887. The fraction of sp³-hybridized carbons (Fsp3) is 0.176. The lowest BCUT2D eigenvalue weighted by molar-refractivity contribution is 0.628. The Morgan fingerprint density at radius 3 is 2.83 bits per heavy atom. The Bertz CT molecular complexity index is 904. The molecule has 23 heavy (non-hydrogen) atoms. The molecule has 3 aromatic rings. The molecule has 0 bridgehead atoms. The van der Waals surface area contributed by atoms with Gasteiger partial charge in [0, 0.05) is 29.6 Å². The van der Waals surface area contributed by atoms with Gasteiger partial charge in [-0.2, -0.15) is 5.10 Å². The van der Waals surface area contributed by atoms with Crippen molar-refractivity contribution in [3.05, 3.63) is 53.1 Å². The van der Waals surface area contributed by atoms with Gasteiger partial charge in [0.25, 0.3) is 0 Å². The van der Waals surface area contributed by atoms with Crippen molar-refractivity contribution in [3.63, 3.8) is 0 Å². The zero-order chi connectivity index (χ0) is 16.0. The first kappa shape index (κ1) is 14.2. The SMILES string of the molecule is Nc1cc(-c2c(-c3ccc(F)c(Cl)c3)nn3c2CCC3)ccn1. The van der Waals surface area contributed by atoms with E-state index in [-0.39, 0.29) is 5.02 Å². The molecule has 1 aromatic carbocycles. The lowest BCUT2D eigenvalue weighted by atomic mass is 9.98. The number of hydrogen-bond acceptors (Lipinski definition) is 3. The van der Waals surface area contributed by atoms with Crippen LogP contribution in [0.5, 0.6) is 0 Å². The lowest BCUT2D eigenvalue weighted by Gasteiger charge is -2.07. The van der Waals surface area contributed by atoms with Crippen LogP contribution < -0.4 is 5.73 Å². The van der Waals surface area contributed by atoms with Crippen molar-refractivity contribution in [1.29, 1.82) is 0 Å². The van der Waals surface area contributed by atoms with Gasteiger partial charge in [-0.05, 0) is 48.7 Å². The third-order valence-electron chi connectivity index (χ3n) is 4.10. The Balaban J connectivity index is 1.95. The van der Waals surface area contributed by atoms with Gasteiger partial charge >= 0.3 is 0 Å². The molecule has 0 saturated heterocycles. The third kappa shape index (κ3) is 2.37. The molecule has 0 spiro atoms. The molecule has 0 amide bonds. The maximum absolute atomic E-state index is 13.5. The first-order chi connectivity index (χ1) is 11.1. The minimum atomic E-state index is -0.433. The number of fused-ring (bicyclic) bond motifs is 1. The van der Waals surface area contributed by atoms with Crippen LogP contribution in [0.1, 0.15) is 12.1 Å². The number of nitrogens with two attached hydrogens (primary N) is 1. The molecule has 4 nitrogen and oxygen atoms in total. The second-order valence-electron chi connectivity index (χ2n) is 5.60. The summed E-state index contributed by atoms with van der Waals surface area (Å²) >= 11 is 5.94. The molecular formula is C17H14ClFN4. The van der Waals surface area contributed by atoms with Crippen LogP contribution in [0.4, 0.5) is 10.2 Å². The van der Waals surface area contributed by atoms with Gasteiger partial charge in [-0.15, -0.1) is 0 Å². The summed E-state index contributed by atoms with van der Waals surface area (Å²) in [5.74, 6) is 0.0282. The van der Waals surface area contributed by atoms with Crippen molar-refractivity contribution in [2.45, 2.75) is 19.4 Å². The number of aromatic nitrogens is 3. The van der Waals surface area contributed by atoms with E-state index in [0.29, 0.717) is 5.82 Å². The standard InChI is InChI=1S/C17H14ClFN4/c18-12-8-11(3-4-13(12)19)17-16(10-5-6-21-15(20)9-10)14-2-1-7-23(14)22-17/h3-6,8-9H,1-2,7H2,(H2,20,21). The molecule has 4 rings (SSSR count). The number of nitrogen functional groups attached to an aromatic ring is 1. The lowest BCUT2D eigenvalue weighted by Crippen LogP contribution is -1.94. The molecule has 116 valence electrons. The minimum absolute atomic E-state index is 0.0934. The number of hydrogen-bond donors (Lipinski definition) is 1. The zero-order valence-corrected chi connectivity index (χ0v) is 13.0. The summed E-state index contributed by atoms with van der Waals surface area (Å²) < 4.78 is 15.5. The highest BCUT2D eigenvalue weighted by Gasteiger charge is 2.24. The first-order valence-corrected chi connectivity index (χ1v) is 7.78. The zero-order valence-electron chi connectivity index (χ0n) is 12.3. The number of nitrogens with zero attached hydrogens (tertiary/aromatic N) is 3. The summed E-state index contributed by atoms with van der Waals surface area (Å²) in [5.41, 5.74) is 10.6. The van der Waals surface area contributed by atoms with E-state index >= 15 is 0 Å². The molecule has 0 radical (unpaired) electrons. The Labute approximate surface area is 137 Å². The molecule has 0 atom stereocenters. The summed E-state index contributed by atoms with van der Waals surface area (Å²) in [7, 11) is 0. The van der Waals surface area contributed by atoms with Gasteiger partial charge < -0.3 is 5.73 Å². The van der Waals surface area contributed by atoms with Gasteiger partial charge in [-0.25, -0.2) is 9.37 Å². The summed E-state index contributed by atoms with van der Waals surface area (Å²) in [4.78, 5) is 4.05. The monoisotopic (exact) mass is 328 g/mol. The molecule has 0 fully saturated rings. The number of rotatable bonds is 2. The van der Waals surface area contributed by atoms with Gasteiger partial charge in [0.15, 0.2) is 0 Å². The molecule has 1 aliphatic rings. The topological polar surface area (TPSA) is 56.7 Å². The fourth-order valence-corrected chi connectivity index (χ4v) is 3.27.